The van der Waals surface area contributed by atoms with Gasteiger partial charge in [0.2, 0.25) is 10.0 Å². The summed E-state index contributed by atoms with van der Waals surface area (Å²) in [5, 5.41) is 0. The Balaban J connectivity index is 2.47. The maximum atomic E-state index is 12.6. The minimum atomic E-state index is -3.34. The molecular weight excluding hydrogens is 270 g/mol. The van der Waals surface area contributed by atoms with Crippen molar-refractivity contribution in [2.45, 2.75) is 37.0 Å². The zero-order valence-corrected chi connectivity index (χ0v) is 12.1. The topological polar surface area (TPSA) is 37.4 Å². The van der Waals surface area contributed by atoms with E-state index in [1.165, 1.54) is 0 Å². The molecular formula is C13H18ClNO2S. The van der Waals surface area contributed by atoms with Crippen LogP contribution >= 0.6 is 11.6 Å². The Morgan fingerprint density at radius 3 is 2.50 bits per heavy atom. The molecule has 1 aliphatic heterocycles. The van der Waals surface area contributed by atoms with Crippen LogP contribution in [0, 0.1) is 0 Å². The maximum absolute atomic E-state index is 12.6. The van der Waals surface area contributed by atoms with Crippen LogP contribution in [0.2, 0.25) is 0 Å². The first-order valence-corrected chi connectivity index (χ1v) is 8.25. The lowest BCUT2D eigenvalue weighted by molar-refractivity contribution is 0.476. The average molecular weight is 288 g/mol. The summed E-state index contributed by atoms with van der Waals surface area (Å²) in [6.07, 6.45) is 2.62. The smallest absolute Gasteiger partial charge is 0.207 e. The summed E-state index contributed by atoms with van der Waals surface area (Å²) in [5.41, 5.74) is 1.72. The molecule has 1 aromatic rings. The van der Waals surface area contributed by atoms with Crippen LogP contribution in [-0.2, 0) is 22.3 Å². The molecule has 0 amide bonds. The molecule has 1 aliphatic rings. The van der Waals surface area contributed by atoms with Gasteiger partial charge < -0.3 is 0 Å². The van der Waals surface area contributed by atoms with Crippen molar-refractivity contribution in [3.8, 4) is 0 Å². The monoisotopic (exact) mass is 287 g/mol. The van der Waals surface area contributed by atoms with Gasteiger partial charge >= 0.3 is 0 Å². The highest BCUT2D eigenvalue weighted by molar-refractivity contribution is 7.89. The van der Waals surface area contributed by atoms with E-state index in [0.29, 0.717) is 30.3 Å². The van der Waals surface area contributed by atoms with Crippen molar-refractivity contribution in [2.24, 2.45) is 0 Å². The highest BCUT2D eigenvalue weighted by Gasteiger charge is 2.28. The van der Waals surface area contributed by atoms with E-state index in [1.54, 1.807) is 10.4 Å². The lowest BCUT2D eigenvalue weighted by Crippen LogP contribution is -2.28. The number of alkyl halides is 1. The zero-order chi connectivity index (χ0) is 13.2. The van der Waals surface area contributed by atoms with Crippen molar-refractivity contribution in [3.63, 3.8) is 0 Å². The lowest BCUT2D eigenvalue weighted by atomic mass is 10.1. The van der Waals surface area contributed by atoms with Crippen LogP contribution in [0.4, 0.5) is 0 Å². The summed E-state index contributed by atoms with van der Waals surface area (Å²) in [7, 11) is -3.34. The molecule has 0 saturated carbocycles. The number of nitrogens with zero attached hydrogens (tertiary/aromatic N) is 1. The van der Waals surface area contributed by atoms with E-state index in [1.807, 2.05) is 19.1 Å². The molecule has 1 heterocycles. The predicted molar refractivity (Wildman–Crippen MR) is 73.4 cm³/mol. The first-order valence-electron chi connectivity index (χ1n) is 6.27. The van der Waals surface area contributed by atoms with E-state index in [0.717, 1.165) is 24.0 Å². The summed E-state index contributed by atoms with van der Waals surface area (Å²) in [6.45, 7) is 3.24. The molecule has 0 bridgehead atoms. The molecule has 1 saturated heterocycles. The summed E-state index contributed by atoms with van der Waals surface area (Å²) < 4.78 is 26.7. The molecule has 0 radical (unpaired) electrons. The Hall–Kier alpha value is -0.580. The molecule has 5 heteroatoms. The highest BCUT2D eigenvalue weighted by Crippen LogP contribution is 2.25. The van der Waals surface area contributed by atoms with Crippen LogP contribution in [0.3, 0.4) is 0 Å². The third-order valence-corrected chi connectivity index (χ3v) is 5.64. The Morgan fingerprint density at radius 2 is 1.94 bits per heavy atom. The second-order valence-electron chi connectivity index (χ2n) is 4.54. The van der Waals surface area contributed by atoms with Crippen LogP contribution in [0.5, 0.6) is 0 Å². The molecule has 100 valence electrons. The number of halogens is 1. The third-order valence-electron chi connectivity index (χ3n) is 3.35. The predicted octanol–water partition coefficient (Wildman–Crippen LogP) is 2.77. The van der Waals surface area contributed by atoms with Gasteiger partial charge in [-0.05, 0) is 36.5 Å². The van der Waals surface area contributed by atoms with Crippen molar-refractivity contribution >= 4 is 21.6 Å². The van der Waals surface area contributed by atoms with E-state index < -0.39 is 10.0 Å². The van der Waals surface area contributed by atoms with E-state index in [-0.39, 0.29) is 0 Å². The molecule has 0 unspecified atom stereocenters. The van der Waals surface area contributed by atoms with Crippen LogP contribution in [0.25, 0.3) is 0 Å². The van der Waals surface area contributed by atoms with Gasteiger partial charge in [-0.3, -0.25) is 0 Å². The zero-order valence-electron chi connectivity index (χ0n) is 10.5. The fourth-order valence-electron chi connectivity index (χ4n) is 2.28. The molecule has 1 aromatic carbocycles. The van der Waals surface area contributed by atoms with E-state index in [4.69, 9.17) is 11.6 Å². The number of rotatable bonds is 4. The van der Waals surface area contributed by atoms with Gasteiger partial charge in [-0.25, -0.2) is 8.42 Å². The largest absolute Gasteiger partial charge is 0.243 e. The van der Waals surface area contributed by atoms with Gasteiger partial charge in [-0.15, -0.1) is 11.6 Å². The molecule has 1 fully saturated rings. The number of aryl methyl sites for hydroxylation is 1. The first kappa shape index (κ1) is 13.8. The molecule has 3 nitrogen and oxygen atoms in total. The second-order valence-corrected chi connectivity index (χ2v) is 6.71. The second kappa shape index (κ2) is 5.59. The van der Waals surface area contributed by atoms with Gasteiger partial charge in [0.05, 0.1) is 4.90 Å². The molecule has 0 aliphatic carbocycles. The van der Waals surface area contributed by atoms with E-state index in [2.05, 4.69) is 0 Å². The SMILES string of the molecule is CCc1ccc(CCl)cc1S(=O)(=O)N1CCCC1. The maximum Gasteiger partial charge on any atom is 0.243 e. The minimum Gasteiger partial charge on any atom is -0.207 e. The fourth-order valence-corrected chi connectivity index (χ4v) is 4.31. The van der Waals surface area contributed by atoms with Crippen LogP contribution in [0.15, 0.2) is 23.1 Å². The van der Waals surface area contributed by atoms with Gasteiger partial charge in [0.1, 0.15) is 0 Å². The summed E-state index contributed by atoms with van der Waals surface area (Å²) in [6, 6.07) is 5.50. The number of sulfonamides is 1. The number of hydrogen-bond acceptors (Lipinski definition) is 2. The van der Waals surface area contributed by atoms with Gasteiger partial charge in [0, 0.05) is 19.0 Å². The third kappa shape index (κ3) is 2.56. The molecule has 2 rings (SSSR count). The fraction of sp³-hybridized carbons (Fsp3) is 0.538. The highest BCUT2D eigenvalue weighted by atomic mass is 35.5. The van der Waals surface area contributed by atoms with Crippen molar-refractivity contribution in [1.29, 1.82) is 0 Å². The molecule has 0 spiro atoms. The Bertz CT molecular complexity index is 522. The van der Waals surface area contributed by atoms with Crippen LogP contribution in [0.1, 0.15) is 30.9 Å². The Labute approximate surface area is 114 Å². The van der Waals surface area contributed by atoms with Gasteiger partial charge in [0.25, 0.3) is 0 Å². The molecule has 0 atom stereocenters. The van der Waals surface area contributed by atoms with Crippen molar-refractivity contribution in [3.05, 3.63) is 29.3 Å². The molecule has 18 heavy (non-hydrogen) atoms. The Kier molecular flexibility index (Phi) is 4.30. The van der Waals surface area contributed by atoms with Gasteiger partial charge in [0.15, 0.2) is 0 Å². The summed E-state index contributed by atoms with van der Waals surface area (Å²) in [5.74, 6) is 0.340. The first-order chi connectivity index (χ1) is 8.59. The van der Waals surface area contributed by atoms with E-state index >= 15 is 0 Å². The summed E-state index contributed by atoms with van der Waals surface area (Å²) in [4.78, 5) is 0.435. The number of hydrogen-bond donors (Lipinski definition) is 0. The van der Waals surface area contributed by atoms with Crippen molar-refractivity contribution < 1.29 is 8.42 Å². The summed E-state index contributed by atoms with van der Waals surface area (Å²) >= 11 is 5.80. The van der Waals surface area contributed by atoms with Gasteiger partial charge in [-0.2, -0.15) is 4.31 Å². The van der Waals surface area contributed by atoms with Crippen molar-refractivity contribution in [2.75, 3.05) is 13.1 Å². The van der Waals surface area contributed by atoms with E-state index in [9.17, 15) is 8.42 Å². The standard InChI is InChI=1S/C13H18ClNO2S/c1-2-12-6-5-11(10-14)9-13(12)18(16,17)15-7-3-4-8-15/h5-6,9H,2-4,7-8,10H2,1H3. The number of benzene rings is 1. The quantitative estimate of drug-likeness (QED) is 0.799. The molecule has 0 N–H and O–H groups in total. The van der Waals surface area contributed by atoms with Crippen LogP contribution < -0.4 is 0 Å². The van der Waals surface area contributed by atoms with Crippen LogP contribution in [-0.4, -0.2) is 25.8 Å². The normalized spacial score (nSPS) is 17.2. The Morgan fingerprint density at radius 1 is 1.28 bits per heavy atom. The van der Waals surface area contributed by atoms with Gasteiger partial charge in [-0.1, -0.05) is 19.1 Å². The lowest BCUT2D eigenvalue weighted by Gasteiger charge is -2.18. The average Bonchev–Trinajstić information content (AvgIpc) is 2.92. The molecule has 0 aromatic heterocycles. The minimum absolute atomic E-state index is 0.340. The van der Waals surface area contributed by atoms with Crippen molar-refractivity contribution in [1.82, 2.24) is 4.31 Å².